The molecule has 0 atom stereocenters. The number of hydrogen-bond acceptors (Lipinski definition) is 5. The number of ether oxygens (including phenoxy) is 1. The Hall–Kier alpha value is -1.83. The van der Waals surface area contributed by atoms with Crippen molar-refractivity contribution < 1.29 is 9.53 Å². The quantitative estimate of drug-likeness (QED) is 0.504. The fourth-order valence-electron chi connectivity index (χ4n) is 3.01. The Morgan fingerprint density at radius 2 is 2.00 bits per heavy atom. The maximum atomic E-state index is 12.1. The largest absolute Gasteiger partial charge is 0.496 e. The van der Waals surface area contributed by atoms with Crippen LogP contribution in [0.5, 0.6) is 5.75 Å². The molecule has 1 aliphatic rings. The molecule has 0 saturated carbocycles. The van der Waals surface area contributed by atoms with Crippen LogP contribution in [0.25, 0.3) is 0 Å². The van der Waals surface area contributed by atoms with Crippen molar-refractivity contribution in [2.24, 2.45) is 5.10 Å². The lowest BCUT2D eigenvalue weighted by atomic mass is 10.1. The number of hydrogen-bond donors (Lipinski definition) is 1. The van der Waals surface area contributed by atoms with Crippen LogP contribution in [0.1, 0.15) is 16.7 Å². The van der Waals surface area contributed by atoms with Crippen molar-refractivity contribution in [3.05, 3.63) is 63.6 Å². The summed E-state index contributed by atoms with van der Waals surface area (Å²) in [5.74, 6) is 3.09. The molecule has 1 heterocycles. The highest BCUT2D eigenvalue weighted by atomic mass is 79.9. The number of nitrogens with zero attached hydrogens (tertiary/aromatic N) is 2. The monoisotopic (exact) mass is 461 g/mol. The number of amides is 1. The fourth-order valence-corrected chi connectivity index (χ4v) is 4.25. The van der Waals surface area contributed by atoms with E-state index in [2.05, 4.69) is 37.4 Å². The summed E-state index contributed by atoms with van der Waals surface area (Å²) in [5, 5.41) is 4.11. The van der Waals surface area contributed by atoms with E-state index >= 15 is 0 Å². The molecule has 5 nitrogen and oxygen atoms in total. The van der Waals surface area contributed by atoms with Crippen molar-refractivity contribution in [2.75, 3.05) is 31.7 Å². The molecule has 0 bridgehead atoms. The van der Waals surface area contributed by atoms with Gasteiger partial charge in [0.25, 0.3) is 0 Å². The van der Waals surface area contributed by atoms with Crippen LogP contribution >= 0.6 is 27.7 Å². The van der Waals surface area contributed by atoms with Crippen molar-refractivity contribution >= 4 is 39.8 Å². The molecule has 0 spiro atoms. The molecule has 0 radical (unpaired) electrons. The predicted octanol–water partition coefficient (Wildman–Crippen LogP) is 3.70. The first-order valence-electron chi connectivity index (χ1n) is 9.17. The molecule has 1 saturated heterocycles. The van der Waals surface area contributed by atoms with Gasteiger partial charge in [-0.25, -0.2) is 5.43 Å². The van der Waals surface area contributed by atoms with Gasteiger partial charge in [0.1, 0.15) is 5.75 Å². The molecule has 1 N–H and O–H groups in total. The molecule has 2 aromatic rings. The highest BCUT2D eigenvalue weighted by molar-refractivity contribution is 9.10. The molecular formula is C21H24BrN3O2S. The molecule has 1 fully saturated rings. The normalized spacial score (nSPS) is 14.9. The number of thioether (sulfide) groups is 1. The minimum atomic E-state index is -0.141. The molecule has 3 rings (SSSR count). The average Bonchev–Trinajstić information content (AvgIpc) is 2.71. The van der Waals surface area contributed by atoms with E-state index in [1.54, 1.807) is 13.3 Å². The van der Waals surface area contributed by atoms with E-state index < -0.39 is 0 Å². The van der Waals surface area contributed by atoms with Crippen LogP contribution in [-0.2, 0) is 17.8 Å². The number of hydrazone groups is 1. The SMILES string of the molecule is COc1ccc(/C=N/NC(=O)Cc2ccc(Br)cc2)cc1CN1CCSCC1. The van der Waals surface area contributed by atoms with Gasteiger partial charge in [-0.2, -0.15) is 16.9 Å². The Labute approximate surface area is 178 Å². The third-order valence-corrected chi connectivity index (χ3v) is 5.95. The lowest BCUT2D eigenvalue weighted by Gasteiger charge is -2.26. The smallest absolute Gasteiger partial charge is 0.244 e. The van der Waals surface area contributed by atoms with Crippen LogP contribution in [0.2, 0.25) is 0 Å². The lowest BCUT2D eigenvalue weighted by Crippen LogP contribution is -2.32. The summed E-state index contributed by atoms with van der Waals surface area (Å²) in [4.78, 5) is 14.5. The van der Waals surface area contributed by atoms with E-state index in [0.29, 0.717) is 6.42 Å². The van der Waals surface area contributed by atoms with Crippen molar-refractivity contribution in [1.29, 1.82) is 0 Å². The van der Waals surface area contributed by atoms with Crippen LogP contribution < -0.4 is 10.2 Å². The van der Waals surface area contributed by atoms with Gasteiger partial charge >= 0.3 is 0 Å². The van der Waals surface area contributed by atoms with Gasteiger partial charge in [0.15, 0.2) is 0 Å². The van der Waals surface area contributed by atoms with E-state index in [1.165, 1.54) is 11.5 Å². The second kappa shape index (κ2) is 10.6. The first kappa shape index (κ1) is 20.9. The standard InChI is InChI=1S/C21H24BrN3O2S/c1-27-20-7-4-17(12-18(20)15-25-8-10-28-11-9-25)14-23-24-21(26)13-16-2-5-19(22)6-3-16/h2-7,12,14H,8-11,13,15H2,1H3,(H,24,26)/b23-14+. The summed E-state index contributed by atoms with van der Waals surface area (Å²) in [6.07, 6.45) is 1.97. The molecule has 0 aliphatic carbocycles. The van der Waals surface area contributed by atoms with Crippen molar-refractivity contribution in [1.82, 2.24) is 10.3 Å². The second-order valence-corrected chi connectivity index (χ2v) is 8.70. The highest BCUT2D eigenvalue weighted by Gasteiger charge is 2.13. The Morgan fingerprint density at radius 1 is 1.25 bits per heavy atom. The van der Waals surface area contributed by atoms with Crippen LogP contribution in [-0.4, -0.2) is 48.7 Å². The van der Waals surface area contributed by atoms with Gasteiger partial charge in [-0.15, -0.1) is 0 Å². The summed E-state index contributed by atoms with van der Waals surface area (Å²) < 4.78 is 6.50. The van der Waals surface area contributed by atoms with Gasteiger partial charge in [-0.3, -0.25) is 9.69 Å². The molecule has 7 heteroatoms. The molecular weight excluding hydrogens is 438 g/mol. The zero-order chi connectivity index (χ0) is 19.8. The number of rotatable bonds is 7. The van der Waals surface area contributed by atoms with Crippen LogP contribution in [0.3, 0.4) is 0 Å². The maximum Gasteiger partial charge on any atom is 0.244 e. The summed E-state index contributed by atoms with van der Waals surface area (Å²) in [6.45, 7) is 3.05. The number of carbonyl (C=O) groups is 1. The second-order valence-electron chi connectivity index (χ2n) is 6.56. The number of carbonyl (C=O) groups excluding carboxylic acids is 1. The minimum Gasteiger partial charge on any atom is -0.496 e. The van der Waals surface area contributed by atoms with E-state index in [0.717, 1.165) is 46.5 Å². The Balaban J connectivity index is 1.58. The number of methoxy groups -OCH3 is 1. The first-order valence-corrected chi connectivity index (χ1v) is 11.1. The van der Waals surface area contributed by atoms with Gasteiger partial charge in [0.05, 0.1) is 19.7 Å². The molecule has 1 aliphatic heterocycles. The Bertz CT molecular complexity index is 821. The van der Waals surface area contributed by atoms with Crippen LogP contribution in [0.4, 0.5) is 0 Å². The third kappa shape index (κ3) is 6.36. The summed E-state index contributed by atoms with van der Waals surface area (Å²) in [7, 11) is 1.70. The lowest BCUT2D eigenvalue weighted by molar-refractivity contribution is -0.120. The maximum absolute atomic E-state index is 12.1. The van der Waals surface area contributed by atoms with Gasteiger partial charge in [-0.05, 0) is 41.5 Å². The van der Waals surface area contributed by atoms with Crippen molar-refractivity contribution in [3.8, 4) is 5.75 Å². The number of nitrogens with one attached hydrogen (secondary N) is 1. The van der Waals surface area contributed by atoms with E-state index in [9.17, 15) is 4.79 Å². The Kier molecular flexibility index (Phi) is 7.94. The van der Waals surface area contributed by atoms with E-state index in [4.69, 9.17) is 4.74 Å². The molecule has 2 aromatic carbocycles. The van der Waals surface area contributed by atoms with Gasteiger partial charge in [-0.1, -0.05) is 28.1 Å². The zero-order valence-electron chi connectivity index (χ0n) is 15.9. The summed E-state index contributed by atoms with van der Waals surface area (Å²) >= 11 is 5.39. The number of benzene rings is 2. The topological polar surface area (TPSA) is 53.9 Å². The molecule has 0 aromatic heterocycles. The molecule has 0 unspecified atom stereocenters. The molecule has 1 amide bonds. The molecule has 148 valence electrons. The number of halogens is 1. The van der Waals surface area contributed by atoms with Gasteiger partial charge < -0.3 is 4.74 Å². The first-order chi connectivity index (χ1) is 13.6. The summed E-state index contributed by atoms with van der Waals surface area (Å²) in [5.41, 5.74) is 5.62. The predicted molar refractivity (Wildman–Crippen MR) is 119 cm³/mol. The van der Waals surface area contributed by atoms with Crippen LogP contribution in [0.15, 0.2) is 52.0 Å². The minimum absolute atomic E-state index is 0.141. The summed E-state index contributed by atoms with van der Waals surface area (Å²) in [6, 6.07) is 13.7. The zero-order valence-corrected chi connectivity index (χ0v) is 18.3. The van der Waals surface area contributed by atoms with Crippen molar-refractivity contribution in [2.45, 2.75) is 13.0 Å². The molecule has 28 heavy (non-hydrogen) atoms. The van der Waals surface area contributed by atoms with Crippen molar-refractivity contribution in [3.63, 3.8) is 0 Å². The van der Waals surface area contributed by atoms with Gasteiger partial charge in [0.2, 0.25) is 5.91 Å². The Morgan fingerprint density at radius 3 is 2.71 bits per heavy atom. The van der Waals surface area contributed by atoms with E-state index in [-0.39, 0.29) is 5.91 Å². The average molecular weight is 462 g/mol. The highest BCUT2D eigenvalue weighted by Crippen LogP contribution is 2.22. The van der Waals surface area contributed by atoms with E-state index in [1.807, 2.05) is 48.2 Å². The van der Waals surface area contributed by atoms with Crippen LogP contribution in [0, 0.1) is 0 Å². The fraction of sp³-hybridized carbons (Fsp3) is 0.333. The van der Waals surface area contributed by atoms with Gasteiger partial charge in [0, 0.05) is 41.2 Å². The third-order valence-electron chi connectivity index (χ3n) is 4.48.